The molecule has 0 unspecified atom stereocenters. The zero-order valence-electron chi connectivity index (χ0n) is 14.5. The van der Waals surface area contributed by atoms with Gasteiger partial charge in [0.05, 0.1) is 20.3 Å². The number of rotatable bonds is 6. The van der Waals surface area contributed by atoms with Crippen LogP contribution < -0.4 is 9.47 Å². The molecule has 0 N–H and O–H groups in total. The molecule has 1 aromatic heterocycles. The molecule has 0 aliphatic heterocycles. The molecule has 0 aliphatic rings. The molecule has 1 heterocycles. The second kappa shape index (κ2) is 7.30. The Morgan fingerprint density at radius 3 is 2.36 bits per heavy atom. The van der Waals surface area contributed by atoms with Crippen LogP contribution in [0.1, 0.15) is 24.2 Å². The summed E-state index contributed by atoms with van der Waals surface area (Å²) in [5, 5.41) is 0.676. The normalized spacial score (nSPS) is 10.7. The van der Waals surface area contributed by atoms with Crippen molar-refractivity contribution in [2.45, 2.75) is 13.8 Å². The topological polar surface area (TPSA) is 57.9 Å². The number of benzene rings is 2. The van der Waals surface area contributed by atoms with E-state index in [1.165, 1.54) is 0 Å². The second-order valence-corrected chi connectivity index (χ2v) is 5.35. The summed E-state index contributed by atoms with van der Waals surface area (Å²) in [5.74, 6) is 1.48. The summed E-state index contributed by atoms with van der Waals surface area (Å²) >= 11 is 0. The van der Waals surface area contributed by atoms with E-state index in [2.05, 4.69) is 0 Å². The smallest absolute Gasteiger partial charge is 0.342 e. The summed E-state index contributed by atoms with van der Waals surface area (Å²) in [7, 11) is 1.61. The van der Waals surface area contributed by atoms with Crippen molar-refractivity contribution >= 4 is 16.9 Å². The monoisotopic (exact) mass is 340 g/mol. The van der Waals surface area contributed by atoms with Crippen LogP contribution in [-0.2, 0) is 4.74 Å². The molecule has 0 aliphatic carbocycles. The Bertz CT molecular complexity index is 877. The maximum Gasteiger partial charge on any atom is 0.342 e. The van der Waals surface area contributed by atoms with Crippen LogP contribution in [0, 0.1) is 0 Å². The van der Waals surface area contributed by atoms with Crippen LogP contribution in [0.15, 0.2) is 46.9 Å². The quantitative estimate of drug-likeness (QED) is 0.610. The number of carbonyl (C=O) groups excluding carboxylic acids is 1. The number of ether oxygens (including phenoxy) is 3. The van der Waals surface area contributed by atoms with Gasteiger partial charge < -0.3 is 18.6 Å². The minimum absolute atomic E-state index is 0.290. The van der Waals surface area contributed by atoms with E-state index in [0.717, 1.165) is 11.3 Å². The van der Waals surface area contributed by atoms with Crippen LogP contribution in [0.4, 0.5) is 0 Å². The number of hydrogen-bond acceptors (Lipinski definition) is 5. The Balaban J connectivity index is 2.18. The first-order chi connectivity index (χ1) is 12.2. The first-order valence-electron chi connectivity index (χ1n) is 8.18. The molecule has 0 fully saturated rings. The molecule has 0 atom stereocenters. The fourth-order valence-electron chi connectivity index (χ4n) is 2.68. The molecular formula is C20H20O5. The summed E-state index contributed by atoms with van der Waals surface area (Å²) in [5.41, 5.74) is 1.79. The first kappa shape index (κ1) is 16.9. The van der Waals surface area contributed by atoms with E-state index >= 15 is 0 Å². The lowest BCUT2D eigenvalue weighted by molar-refractivity contribution is 0.0529. The third kappa shape index (κ3) is 3.31. The van der Waals surface area contributed by atoms with Crippen molar-refractivity contribution in [1.29, 1.82) is 0 Å². The average molecular weight is 340 g/mol. The highest BCUT2D eigenvalue weighted by molar-refractivity contribution is 6.09. The van der Waals surface area contributed by atoms with Gasteiger partial charge in [0.2, 0.25) is 0 Å². The summed E-state index contributed by atoms with van der Waals surface area (Å²) in [6, 6.07) is 12.8. The lowest BCUT2D eigenvalue weighted by Gasteiger charge is -2.05. The summed E-state index contributed by atoms with van der Waals surface area (Å²) < 4.78 is 21.9. The molecule has 5 nitrogen and oxygen atoms in total. The molecule has 0 spiro atoms. The van der Waals surface area contributed by atoms with Gasteiger partial charge in [-0.15, -0.1) is 0 Å². The lowest BCUT2D eigenvalue weighted by atomic mass is 10.1. The van der Waals surface area contributed by atoms with Gasteiger partial charge in [-0.2, -0.15) is 0 Å². The van der Waals surface area contributed by atoms with Gasteiger partial charge in [0.15, 0.2) is 0 Å². The Kier molecular flexibility index (Phi) is 4.93. The molecular weight excluding hydrogens is 320 g/mol. The van der Waals surface area contributed by atoms with Gasteiger partial charge in [-0.1, -0.05) is 0 Å². The number of furan rings is 1. The third-order valence-electron chi connectivity index (χ3n) is 3.80. The van der Waals surface area contributed by atoms with E-state index in [1.807, 2.05) is 43.3 Å². The zero-order valence-corrected chi connectivity index (χ0v) is 14.5. The largest absolute Gasteiger partial charge is 0.497 e. The number of methoxy groups -OCH3 is 1. The molecule has 0 radical (unpaired) electrons. The molecule has 5 heteroatoms. The van der Waals surface area contributed by atoms with E-state index < -0.39 is 5.97 Å². The molecule has 2 aromatic carbocycles. The van der Waals surface area contributed by atoms with Crippen LogP contribution in [0.5, 0.6) is 11.5 Å². The van der Waals surface area contributed by atoms with Crippen molar-refractivity contribution in [2.75, 3.05) is 20.3 Å². The van der Waals surface area contributed by atoms with Crippen LogP contribution in [0.3, 0.4) is 0 Å². The molecule has 0 bridgehead atoms. The third-order valence-corrected chi connectivity index (χ3v) is 3.80. The second-order valence-electron chi connectivity index (χ2n) is 5.35. The fourth-order valence-corrected chi connectivity index (χ4v) is 2.68. The van der Waals surface area contributed by atoms with Crippen molar-refractivity contribution < 1.29 is 23.4 Å². The minimum Gasteiger partial charge on any atom is -0.497 e. The fraction of sp³-hybridized carbons (Fsp3) is 0.250. The van der Waals surface area contributed by atoms with Crippen molar-refractivity contribution in [3.8, 4) is 22.8 Å². The Labute approximate surface area is 146 Å². The van der Waals surface area contributed by atoms with Gasteiger partial charge in [0.1, 0.15) is 28.4 Å². The number of fused-ring (bicyclic) bond motifs is 1. The highest BCUT2D eigenvalue weighted by Gasteiger charge is 2.23. The highest BCUT2D eigenvalue weighted by Crippen LogP contribution is 2.36. The molecule has 25 heavy (non-hydrogen) atoms. The summed E-state index contributed by atoms with van der Waals surface area (Å²) in [6.45, 7) is 4.52. The van der Waals surface area contributed by atoms with Gasteiger partial charge in [0.25, 0.3) is 0 Å². The minimum atomic E-state index is -0.416. The molecule has 3 aromatic rings. The van der Waals surface area contributed by atoms with Crippen LogP contribution in [0.25, 0.3) is 22.3 Å². The average Bonchev–Trinajstić information content (AvgIpc) is 3.01. The van der Waals surface area contributed by atoms with Gasteiger partial charge in [-0.25, -0.2) is 4.79 Å². The van der Waals surface area contributed by atoms with Gasteiger partial charge >= 0.3 is 5.97 Å². The van der Waals surface area contributed by atoms with Crippen molar-refractivity contribution in [3.63, 3.8) is 0 Å². The van der Waals surface area contributed by atoms with E-state index in [1.54, 1.807) is 20.1 Å². The van der Waals surface area contributed by atoms with Crippen molar-refractivity contribution in [1.82, 2.24) is 0 Å². The predicted octanol–water partition coefficient (Wildman–Crippen LogP) is 4.68. The molecule has 3 rings (SSSR count). The van der Waals surface area contributed by atoms with E-state index in [4.69, 9.17) is 18.6 Å². The van der Waals surface area contributed by atoms with Crippen LogP contribution >= 0.6 is 0 Å². The van der Waals surface area contributed by atoms with E-state index in [-0.39, 0.29) is 0 Å². The highest BCUT2D eigenvalue weighted by atomic mass is 16.5. The zero-order chi connectivity index (χ0) is 17.8. The maximum absolute atomic E-state index is 12.6. The number of carbonyl (C=O) groups is 1. The van der Waals surface area contributed by atoms with Crippen molar-refractivity contribution in [2.24, 2.45) is 0 Å². The summed E-state index contributed by atoms with van der Waals surface area (Å²) in [4.78, 5) is 12.6. The SMILES string of the molecule is CCOC(=O)c1c(-c2ccc(OC)cc2)oc2ccc(OCC)cc12. The maximum atomic E-state index is 12.6. The molecule has 130 valence electrons. The van der Waals surface area contributed by atoms with Gasteiger partial charge in [0, 0.05) is 10.9 Å². The Morgan fingerprint density at radius 2 is 1.72 bits per heavy atom. The first-order valence-corrected chi connectivity index (χ1v) is 8.18. The van der Waals surface area contributed by atoms with Gasteiger partial charge in [-0.05, 0) is 56.3 Å². The van der Waals surface area contributed by atoms with Crippen LogP contribution in [0.2, 0.25) is 0 Å². The molecule has 0 amide bonds. The van der Waals surface area contributed by atoms with Crippen LogP contribution in [-0.4, -0.2) is 26.3 Å². The van der Waals surface area contributed by atoms with Crippen molar-refractivity contribution in [3.05, 3.63) is 48.0 Å². The summed E-state index contributed by atoms with van der Waals surface area (Å²) in [6.07, 6.45) is 0. The molecule has 0 saturated carbocycles. The Morgan fingerprint density at radius 1 is 1.00 bits per heavy atom. The predicted molar refractivity (Wildman–Crippen MR) is 95.3 cm³/mol. The van der Waals surface area contributed by atoms with E-state index in [0.29, 0.717) is 41.3 Å². The molecule has 0 saturated heterocycles. The van der Waals surface area contributed by atoms with Gasteiger partial charge in [-0.3, -0.25) is 0 Å². The number of hydrogen-bond donors (Lipinski definition) is 0. The lowest BCUT2D eigenvalue weighted by Crippen LogP contribution is -2.05. The van der Waals surface area contributed by atoms with E-state index in [9.17, 15) is 4.79 Å². The Hall–Kier alpha value is -2.95. The standard InChI is InChI=1S/C20H20O5/c1-4-23-15-10-11-17-16(12-15)18(20(21)24-5-2)19(25-17)13-6-8-14(22-3)9-7-13/h6-12H,4-5H2,1-3H3. The number of esters is 1.